The van der Waals surface area contributed by atoms with Gasteiger partial charge in [-0.3, -0.25) is 9.59 Å². The van der Waals surface area contributed by atoms with Gasteiger partial charge in [0.05, 0.1) is 24.9 Å². The van der Waals surface area contributed by atoms with E-state index in [2.05, 4.69) is 26.1 Å². The smallest absolute Gasteiger partial charge is 0.219 e. The summed E-state index contributed by atoms with van der Waals surface area (Å²) in [6, 6.07) is 0. The standard InChI is InChI=1S/C43H73NO13/c1-7-8-32(48)44-19-21(2)9-12-29(46)22(3)33-30(47)18-28-26-11-10-24-17-25(13-15-42(24,5)27(26)14-16-43(28,33)6)55-41-38(53)36(51)39(31(20-45)56-41)57-40-37(52)35(50)34(49)23(4)54-40/h21-28,30-31,33-41,45,47,49-53H,7-20H2,1-6H3,(H,44,48)/t21-,22+,23-,24-,25-,26+,27-,28-,30+,31+,33-,34-,35+,36-,37+,38+,39+,40-,41+,42-,43-/m0/s1. The van der Waals surface area contributed by atoms with Gasteiger partial charge < -0.3 is 60.0 Å². The summed E-state index contributed by atoms with van der Waals surface area (Å²) in [6.45, 7) is 12.3. The topological polar surface area (TPSA) is 225 Å². The zero-order valence-corrected chi connectivity index (χ0v) is 34.9. The molecule has 0 radical (unpaired) electrons. The molecule has 1 amide bonds. The molecule has 2 aliphatic heterocycles. The van der Waals surface area contributed by atoms with Gasteiger partial charge in [0.25, 0.3) is 0 Å². The summed E-state index contributed by atoms with van der Waals surface area (Å²) in [5.41, 5.74) is -0.0367. The van der Waals surface area contributed by atoms with E-state index in [4.69, 9.17) is 18.9 Å². The molecule has 6 aliphatic rings. The number of Topliss-reactive ketones (excluding diaryl/α,β-unsaturated/α-hetero) is 1. The first-order chi connectivity index (χ1) is 26.9. The van der Waals surface area contributed by atoms with Gasteiger partial charge in [-0.2, -0.15) is 0 Å². The number of carbonyl (C=O) groups excluding carboxylic acids is 2. The lowest BCUT2D eigenvalue weighted by molar-refractivity contribution is -0.361. The fourth-order valence-corrected chi connectivity index (χ4v) is 12.6. The first kappa shape index (κ1) is 45.2. The van der Waals surface area contributed by atoms with Crippen molar-refractivity contribution in [3.8, 4) is 0 Å². The van der Waals surface area contributed by atoms with Crippen LogP contribution in [-0.4, -0.2) is 134 Å². The second kappa shape index (κ2) is 18.4. The molecule has 328 valence electrons. The molecule has 0 aromatic heterocycles. The largest absolute Gasteiger partial charge is 0.394 e. The minimum Gasteiger partial charge on any atom is -0.394 e. The molecule has 2 saturated heterocycles. The number of amides is 1. The highest BCUT2D eigenvalue weighted by molar-refractivity contribution is 5.81. The average Bonchev–Trinajstić information content (AvgIpc) is 3.46. The third-order valence-corrected chi connectivity index (χ3v) is 16.0. The highest BCUT2D eigenvalue weighted by atomic mass is 16.7. The van der Waals surface area contributed by atoms with Crippen LogP contribution < -0.4 is 5.32 Å². The maximum absolute atomic E-state index is 13.6. The SMILES string of the molecule is CCCC(=O)NC[C@@H](C)CCC(=O)[C@@H](C)[C@H]1[C@H](O)C[C@H]2[C@@H]3CC[C@H]4C[C@@H](O[C@@H]5O[C@H](CO)[C@@H](O[C@@H]6O[C@@H](C)[C@H](O)[C@@H](O)[C@H]6O)[C@@H](O)[C@H]5O)CC[C@]4(C)[C@H]3CC[C@]12C. The van der Waals surface area contributed by atoms with E-state index in [0.717, 1.165) is 64.2 Å². The minimum absolute atomic E-state index is 0.0555. The molecule has 4 saturated carbocycles. The summed E-state index contributed by atoms with van der Waals surface area (Å²) < 4.78 is 23.7. The van der Waals surface area contributed by atoms with Gasteiger partial charge in [-0.15, -0.1) is 0 Å². The number of ether oxygens (including phenoxy) is 4. The Morgan fingerprint density at radius 1 is 0.807 bits per heavy atom. The van der Waals surface area contributed by atoms with Crippen LogP contribution in [0.2, 0.25) is 0 Å². The van der Waals surface area contributed by atoms with E-state index >= 15 is 0 Å². The first-order valence-electron chi connectivity index (χ1n) is 22.1. The second-order valence-corrected chi connectivity index (χ2v) is 19.5. The van der Waals surface area contributed by atoms with Gasteiger partial charge in [-0.1, -0.05) is 34.6 Å². The summed E-state index contributed by atoms with van der Waals surface area (Å²) in [7, 11) is 0. The van der Waals surface area contributed by atoms with E-state index in [1.165, 1.54) is 6.92 Å². The summed E-state index contributed by atoms with van der Waals surface area (Å²) in [5, 5.41) is 77.8. The molecule has 0 bridgehead atoms. The number of nitrogens with one attached hydrogen (secondary N) is 1. The van der Waals surface area contributed by atoms with Crippen molar-refractivity contribution in [3.05, 3.63) is 0 Å². The van der Waals surface area contributed by atoms with Crippen LogP contribution in [0.15, 0.2) is 0 Å². The zero-order valence-electron chi connectivity index (χ0n) is 34.9. The van der Waals surface area contributed by atoms with E-state index in [-0.39, 0.29) is 46.4 Å². The van der Waals surface area contributed by atoms with Crippen molar-refractivity contribution in [3.63, 3.8) is 0 Å². The molecule has 0 aromatic carbocycles. The number of rotatable bonds is 14. The number of aliphatic hydroxyl groups is 7. The average molecular weight is 812 g/mol. The van der Waals surface area contributed by atoms with E-state index in [1.807, 2.05) is 13.8 Å². The normalized spacial score (nSPS) is 48.3. The number of carbonyl (C=O) groups is 2. The molecule has 0 aromatic rings. The molecule has 14 nitrogen and oxygen atoms in total. The molecule has 57 heavy (non-hydrogen) atoms. The highest BCUT2D eigenvalue weighted by Gasteiger charge is 2.63. The van der Waals surface area contributed by atoms with Crippen LogP contribution >= 0.6 is 0 Å². The molecule has 2 heterocycles. The molecule has 21 atom stereocenters. The minimum atomic E-state index is -1.63. The maximum atomic E-state index is 13.6. The molecule has 6 rings (SSSR count). The van der Waals surface area contributed by atoms with E-state index in [9.17, 15) is 45.3 Å². The third-order valence-electron chi connectivity index (χ3n) is 16.0. The van der Waals surface area contributed by atoms with Gasteiger partial charge in [0.1, 0.15) is 48.5 Å². The Balaban J connectivity index is 1.03. The Kier molecular flexibility index (Phi) is 14.6. The van der Waals surface area contributed by atoms with Gasteiger partial charge in [-0.05, 0) is 117 Å². The number of aliphatic hydroxyl groups excluding tert-OH is 7. The molecule has 6 fully saturated rings. The van der Waals surface area contributed by atoms with Gasteiger partial charge >= 0.3 is 0 Å². The van der Waals surface area contributed by atoms with Crippen LogP contribution in [0.5, 0.6) is 0 Å². The molecule has 8 N–H and O–H groups in total. The van der Waals surface area contributed by atoms with Crippen molar-refractivity contribution >= 4 is 11.7 Å². The molecule has 14 heteroatoms. The Labute approximate surface area is 338 Å². The van der Waals surface area contributed by atoms with Crippen molar-refractivity contribution in [1.29, 1.82) is 0 Å². The molecular weight excluding hydrogens is 738 g/mol. The van der Waals surface area contributed by atoms with E-state index in [0.29, 0.717) is 43.1 Å². The molecule has 0 spiro atoms. The number of hydrogen-bond donors (Lipinski definition) is 8. The van der Waals surface area contributed by atoms with Crippen molar-refractivity contribution in [2.45, 2.75) is 192 Å². The van der Waals surface area contributed by atoms with Crippen LogP contribution in [-0.2, 0) is 28.5 Å². The van der Waals surface area contributed by atoms with Crippen molar-refractivity contribution < 1.29 is 64.3 Å². The number of ketones is 1. The third kappa shape index (κ3) is 8.89. The molecular formula is C43H73NO13. The van der Waals surface area contributed by atoms with Crippen molar-refractivity contribution in [2.24, 2.45) is 52.3 Å². The second-order valence-electron chi connectivity index (χ2n) is 19.5. The molecule has 0 unspecified atom stereocenters. The van der Waals surface area contributed by atoms with Crippen molar-refractivity contribution in [2.75, 3.05) is 13.2 Å². The lowest BCUT2D eigenvalue weighted by Gasteiger charge is -2.61. The van der Waals surface area contributed by atoms with Crippen LogP contribution in [0, 0.1) is 52.3 Å². The maximum Gasteiger partial charge on any atom is 0.219 e. The van der Waals surface area contributed by atoms with Crippen LogP contribution in [0.3, 0.4) is 0 Å². The molecule has 4 aliphatic carbocycles. The lowest BCUT2D eigenvalue weighted by Crippen LogP contribution is -2.64. The number of hydrogen-bond acceptors (Lipinski definition) is 13. The van der Waals surface area contributed by atoms with E-state index in [1.54, 1.807) is 0 Å². The number of fused-ring (bicyclic) bond motifs is 5. The van der Waals surface area contributed by atoms with Crippen molar-refractivity contribution in [1.82, 2.24) is 5.32 Å². The fourth-order valence-electron chi connectivity index (χ4n) is 12.6. The Bertz CT molecular complexity index is 1370. The Morgan fingerprint density at radius 2 is 1.49 bits per heavy atom. The highest BCUT2D eigenvalue weighted by Crippen LogP contribution is 2.68. The zero-order chi connectivity index (χ0) is 41.6. The van der Waals surface area contributed by atoms with Gasteiger partial charge in [-0.25, -0.2) is 0 Å². The quantitative estimate of drug-likeness (QED) is 0.118. The monoisotopic (exact) mass is 812 g/mol. The lowest BCUT2D eigenvalue weighted by atomic mass is 9.44. The van der Waals surface area contributed by atoms with Gasteiger partial charge in [0, 0.05) is 25.3 Å². The van der Waals surface area contributed by atoms with Crippen LogP contribution in [0.4, 0.5) is 0 Å². The summed E-state index contributed by atoms with van der Waals surface area (Å²) in [4.78, 5) is 25.6. The predicted molar refractivity (Wildman–Crippen MR) is 207 cm³/mol. The summed E-state index contributed by atoms with van der Waals surface area (Å²) >= 11 is 0. The summed E-state index contributed by atoms with van der Waals surface area (Å²) in [5.74, 6) is 1.86. The fraction of sp³-hybridized carbons (Fsp3) is 0.953. The van der Waals surface area contributed by atoms with E-state index < -0.39 is 74.1 Å². The van der Waals surface area contributed by atoms with Crippen LogP contribution in [0.25, 0.3) is 0 Å². The Morgan fingerprint density at radius 3 is 2.19 bits per heavy atom. The summed E-state index contributed by atoms with van der Waals surface area (Å²) in [6.07, 6.45) is -4.57. The van der Waals surface area contributed by atoms with Gasteiger partial charge in [0.15, 0.2) is 12.6 Å². The van der Waals surface area contributed by atoms with Gasteiger partial charge in [0.2, 0.25) is 5.91 Å². The predicted octanol–water partition coefficient (Wildman–Crippen LogP) is 2.19. The first-order valence-corrected chi connectivity index (χ1v) is 22.1. The van der Waals surface area contributed by atoms with Crippen LogP contribution in [0.1, 0.15) is 119 Å². The Hall–Kier alpha value is -1.30.